The molecule has 0 unspecified atom stereocenters. The number of fused-ring (bicyclic) bond motifs is 1. The third-order valence-electron chi connectivity index (χ3n) is 8.04. The maximum Gasteiger partial charge on any atom is 0.327 e. The summed E-state index contributed by atoms with van der Waals surface area (Å²) in [5.74, 6) is -0.323. The van der Waals surface area contributed by atoms with E-state index < -0.39 is 5.97 Å². The first kappa shape index (κ1) is 36.3. The Labute approximate surface area is 286 Å². The predicted octanol–water partition coefficient (Wildman–Crippen LogP) is 6.73. The van der Waals surface area contributed by atoms with Crippen LogP contribution in [0.15, 0.2) is 69.4 Å². The van der Waals surface area contributed by atoms with Crippen molar-refractivity contribution in [2.75, 3.05) is 20.2 Å². The Bertz CT molecular complexity index is 2140. The molecule has 3 aromatic carbocycles. The highest BCUT2D eigenvalue weighted by molar-refractivity contribution is 6.13. The number of carbonyl (C=O) groups is 2. The number of H-pyrrole nitrogens is 1. The summed E-state index contributed by atoms with van der Waals surface area (Å²) in [6.45, 7) is 17.0. The molecular formula is C39H45N5O5. The van der Waals surface area contributed by atoms with E-state index in [0.717, 1.165) is 55.8 Å². The third kappa shape index (κ3) is 8.32. The van der Waals surface area contributed by atoms with Gasteiger partial charge in [-0.1, -0.05) is 24.3 Å². The molecule has 49 heavy (non-hydrogen) atoms. The number of aromatic nitrogens is 3. The highest BCUT2D eigenvalue weighted by atomic mass is 16.5. The molecule has 0 atom stereocenters. The third-order valence-corrected chi connectivity index (χ3v) is 8.04. The Morgan fingerprint density at radius 2 is 1.27 bits per heavy atom. The molecular weight excluding hydrogens is 618 g/mol. The molecule has 0 fully saturated rings. The standard InChI is InChI=1S/C22H24N2O3.C17H21N3O2/c1-13-6-7-18-19(11-13)24(17-9-14(2)8-15(3)10-17)22(26)21(18)16(4)23-12-20(25)27-5;1-10-6-11(2)8-15(7-10)20-17(22)16(14(5)19-20)13(4)18-9-12(3)21/h6-11,26H,12H2,1-5H3;6-8,19H,9H2,1-5H3. The van der Waals surface area contributed by atoms with Crippen LogP contribution in [-0.4, -0.2) is 62.8 Å². The number of Topliss-reactive ketones (excluding diaryl/α,β-unsaturated/α-hetero) is 1. The van der Waals surface area contributed by atoms with Crippen molar-refractivity contribution in [1.82, 2.24) is 14.3 Å². The van der Waals surface area contributed by atoms with Crippen molar-refractivity contribution in [3.8, 4) is 17.3 Å². The van der Waals surface area contributed by atoms with Crippen molar-refractivity contribution in [2.24, 2.45) is 9.98 Å². The number of hydrogen-bond acceptors (Lipinski definition) is 7. The van der Waals surface area contributed by atoms with Crippen LogP contribution < -0.4 is 5.56 Å². The zero-order valence-electron chi connectivity index (χ0n) is 30.0. The normalized spacial score (nSPS) is 11.8. The number of benzene rings is 3. The number of carbonyl (C=O) groups excluding carboxylic acids is 2. The zero-order valence-corrected chi connectivity index (χ0v) is 30.0. The SMILES string of the molecule is CC(=O)CN=C(C)c1c(C)[nH]n(-c2cc(C)cc(C)c2)c1=O.COC(=O)CN=C(C)c1c(O)n(-c2cc(C)cc(C)c2)c2cc(C)ccc12. The van der Waals surface area contributed by atoms with Crippen molar-refractivity contribution in [2.45, 2.75) is 62.3 Å². The average Bonchev–Trinajstić information content (AvgIpc) is 3.48. The number of methoxy groups -OCH3 is 1. The van der Waals surface area contributed by atoms with Gasteiger partial charge in [0.25, 0.3) is 5.56 Å². The van der Waals surface area contributed by atoms with Gasteiger partial charge >= 0.3 is 5.97 Å². The Balaban J connectivity index is 0.000000226. The molecule has 5 aromatic rings. The lowest BCUT2D eigenvalue weighted by molar-refractivity contribution is -0.138. The molecule has 256 valence electrons. The molecule has 10 heteroatoms. The van der Waals surface area contributed by atoms with Gasteiger partial charge in [0, 0.05) is 28.2 Å². The van der Waals surface area contributed by atoms with Gasteiger partial charge in [0.15, 0.2) is 5.78 Å². The Hall–Kier alpha value is -5.51. The Morgan fingerprint density at radius 3 is 1.82 bits per heavy atom. The number of esters is 1. The number of ketones is 1. The minimum absolute atomic E-state index is 0.0258. The van der Waals surface area contributed by atoms with Crippen LogP contribution in [0, 0.1) is 41.5 Å². The second kappa shape index (κ2) is 15.1. The lowest BCUT2D eigenvalue weighted by Crippen LogP contribution is -2.20. The number of aliphatic imine (C=N–C) groups is 2. The molecule has 0 spiro atoms. The van der Waals surface area contributed by atoms with Crippen LogP contribution in [0.4, 0.5) is 0 Å². The number of hydrogen-bond donors (Lipinski definition) is 2. The van der Waals surface area contributed by atoms with Gasteiger partial charge in [-0.3, -0.25) is 34.0 Å². The van der Waals surface area contributed by atoms with Crippen molar-refractivity contribution in [1.29, 1.82) is 0 Å². The molecule has 5 rings (SSSR count). The van der Waals surface area contributed by atoms with E-state index in [9.17, 15) is 19.5 Å². The van der Waals surface area contributed by atoms with Gasteiger partial charge in [0.05, 0.1) is 36.0 Å². The number of aromatic amines is 1. The minimum Gasteiger partial charge on any atom is -0.494 e. The molecule has 0 radical (unpaired) electrons. The van der Waals surface area contributed by atoms with Gasteiger partial charge in [-0.05, 0) is 120 Å². The van der Waals surface area contributed by atoms with E-state index in [1.807, 2.05) is 88.6 Å². The number of nitrogens with zero attached hydrogens (tertiary/aromatic N) is 4. The van der Waals surface area contributed by atoms with E-state index in [1.165, 1.54) is 18.7 Å². The monoisotopic (exact) mass is 663 g/mol. The van der Waals surface area contributed by atoms with Crippen molar-refractivity contribution >= 4 is 34.1 Å². The molecule has 0 saturated heterocycles. The summed E-state index contributed by atoms with van der Waals surface area (Å²) in [4.78, 5) is 43.7. The van der Waals surface area contributed by atoms with E-state index >= 15 is 0 Å². The van der Waals surface area contributed by atoms with E-state index in [0.29, 0.717) is 22.6 Å². The van der Waals surface area contributed by atoms with E-state index in [2.05, 4.69) is 32.0 Å². The largest absolute Gasteiger partial charge is 0.494 e. The predicted molar refractivity (Wildman–Crippen MR) is 197 cm³/mol. The first-order valence-corrected chi connectivity index (χ1v) is 16.0. The summed E-state index contributed by atoms with van der Waals surface area (Å²) in [5, 5.41) is 15.1. The molecule has 2 N–H and O–H groups in total. The van der Waals surface area contributed by atoms with Crippen LogP contribution in [0.3, 0.4) is 0 Å². The number of aryl methyl sites for hydroxylation is 6. The fraction of sp³-hybridized carbons (Fsp3) is 0.308. The summed E-state index contributed by atoms with van der Waals surface area (Å²) in [7, 11) is 1.33. The van der Waals surface area contributed by atoms with Crippen LogP contribution in [0.25, 0.3) is 22.3 Å². The summed E-state index contributed by atoms with van der Waals surface area (Å²) in [6, 6.07) is 18.2. The van der Waals surface area contributed by atoms with Crippen LogP contribution in [0.2, 0.25) is 0 Å². The number of ether oxygens (including phenoxy) is 1. The number of nitrogens with one attached hydrogen (secondary N) is 1. The molecule has 0 bridgehead atoms. The quantitative estimate of drug-likeness (QED) is 0.140. The van der Waals surface area contributed by atoms with Crippen LogP contribution in [-0.2, 0) is 14.3 Å². The van der Waals surface area contributed by atoms with E-state index in [1.54, 1.807) is 13.8 Å². The van der Waals surface area contributed by atoms with Crippen molar-refractivity contribution in [3.63, 3.8) is 0 Å². The molecule has 0 aliphatic heterocycles. The number of aromatic hydroxyl groups is 1. The van der Waals surface area contributed by atoms with Crippen LogP contribution in [0.5, 0.6) is 5.88 Å². The first-order valence-electron chi connectivity index (χ1n) is 16.0. The summed E-state index contributed by atoms with van der Waals surface area (Å²) in [5.41, 5.74) is 11.1. The minimum atomic E-state index is -0.414. The second-order valence-electron chi connectivity index (χ2n) is 12.6. The summed E-state index contributed by atoms with van der Waals surface area (Å²) < 4.78 is 8.02. The van der Waals surface area contributed by atoms with Crippen LogP contribution >= 0.6 is 0 Å². The van der Waals surface area contributed by atoms with E-state index in [-0.39, 0.29) is 30.3 Å². The fourth-order valence-electron chi connectivity index (χ4n) is 5.95. The van der Waals surface area contributed by atoms with Crippen molar-refractivity contribution < 1.29 is 19.4 Å². The van der Waals surface area contributed by atoms with Crippen molar-refractivity contribution in [3.05, 3.63) is 110 Å². The summed E-state index contributed by atoms with van der Waals surface area (Å²) in [6.07, 6.45) is 0. The highest BCUT2D eigenvalue weighted by Gasteiger charge is 2.21. The van der Waals surface area contributed by atoms with Gasteiger partial charge < -0.3 is 9.84 Å². The lowest BCUT2D eigenvalue weighted by Gasteiger charge is -2.10. The molecule has 0 aliphatic carbocycles. The van der Waals surface area contributed by atoms with Gasteiger partial charge in [-0.15, -0.1) is 0 Å². The lowest BCUT2D eigenvalue weighted by atomic mass is 10.1. The van der Waals surface area contributed by atoms with Gasteiger partial charge in [0.2, 0.25) is 5.88 Å². The Kier molecular flexibility index (Phi) is 11.2. The first-order chi connectivity index (χ1) is 23.1. The highest BCUT2D eigenvalue weighted by Crippen LogP contribution is 2.36. The van der Waals surface area contributed by atoms with Gasteiger partial charge in [-0.2, -0.15) is 0 Å². The Morgan fingerprint density at radius 1 is 0.735 bits per heavy atom. The topological polar surface area (TPSA) is 131 Å². The van der Waals surface area contributed by atoms with Crippen LogP contribution in [0.1, 0.15) is 65.4 Å². The molecule has 2 heterocycles. The fourth-order valence-corrected chi connectivity index (χ4v) is 5.95. The molecule has 0 saturated carbocycles. The maximum atomic E-state index is 12.7. The molecule has 0 amide bonds. The maximum absolute atomic E-state index is 12.7. The van der Waals surface area contributed by atoms with Gasteiger partial charge in [0.1, 0.15) is 6.54 Å². The average molecular weight is 664 g/mol. The van der Waals surface area contributed by atoms with E-state index in [4.69, 9.17) is 0 Å². The number of rotatable bonds is 8. The summed E-state index contributed by atoms with van der Waals surface area (Å²) >= 11 is 0. The molecule has 2 aromatic heterocycles. The van der Waals surface area contributed by atoms with Gasteiger partial charge in [-0.25, -0.2) is 4.68 Å². The molecule has 0 aliphatic rings. The smallest absolute Gasteiger partial charge is 0.327 e. The second-order valence-corrected chi connectivity index (χ2v) is 12.6. The zero-order chi connectivity index (χ0) is 36.2. The molecule has 10 nitrogen and oxygen atoms in total.